The van der Waals surface area contributed by atoms with Crippen molar-refractivity contribution >= 4 is 17.3 Å². The Bertz CT molecular complexity index is 583. The van der Waals surface area contributed by atoms with Gasteiger partial charge >= 0.3 is 5.97 Å². The fraction of sp³-hybridized carbons (Fsp3) is 0.375. The molecule has 0 radical (unpaired) electrons. The molecule has 1 atom stereocenters. The molecule has 0 spiro atoms. The van der Waals surface area contributed by atoms with Gasteiger partial charge < -0.3 is 4.74 Å². The maximum absolute atomic E-state index is 12.3. The van der Waals surface area contributed by atoms with E-state index in [-0.39, 0.29) is 11.8 Å². The van der Waals surface area contributed by atoms with Crippen LogP contribution in [0.15, 0.2) is 29.8 Å². The lowest BCUT2D eigenvalue weighted by Gasteiger charge is -2.17. The fourth-order valence-corrected chi connectivity index (χ4v) is 3.05. The Morgan fingerprint density at radius 2 is 2.05 bits per heavy atom. The Labute approximate surface area is 112 Å². The maximum Gasteiger partial charge on any atom is 0.317 e. The number of fused-ring (bicyclic) bond motifs is 2. The van der Waals surface area contributed by atoms with Crippen molar-refractivity contribution in [2.75, 3.05) is 6.61 Å². The number of allylic oxidation sites excluding steroid dienone is 2. The smallest absolute Gasteiger partial charge is 0.317 e. The van der Waals surface area contributed by atoms with Gasteiger partial charge in [-0.05, 0) is 42.9 Å². The van der Waals surface area contributed by atoms with Crippen LogP contribution in [0, 0.1) is 5.92 Å². The zero-order valence-electron chi connectivity index (χ0n) is 10.9. The molecule has 0 saturated carbocycles. The van der Waals surface area contributed by atoms with Crippen LogP contribution in [0.3, 0.4) is 0 Å². The highest BCUT2D eigenvalue weighted by atomic mass is 16.5. The molecule has 98 valence electrons. The fourth-order valence-electron chi connectivity index (χ4n) is 3.05. The van der Waals surface area contributed by atoms with Crippen LogP contribution in [-0.4, -0.2) is 18.4 Å². The molecule has 3 heteroatoms. The van der Waals surface area contributed by atoms with Crippen LogP contribution in [0.5, 0.6) is 0 Å². The van der Waals surface area contributed by atoms with Gasteiger partial charge in [0.1, 0.15) is 5.92 Å². The molecule has 19 heavy (non-hydrogen) atoms. The number of carbonyl (C=O) groups is 2. The van der Waals surface area contributed by atoms with Gasteiger partial charge in [-0.25, -0.2) is 0 Å². The number of Topliss-reactive ketones (excluding diaryl/α,β-unsaturated/α-hetero) is 1. The van der Waals surface area contributed by atoms with E-state index in [0.717, 1.165) is 29.6 Å². The monoisotopic (exact) mass is 256 g/mol. The highest BCUT2D eigenvalue weighted by molar-refractivity contribution is 6.17. The molecule has 0 fully saturated rings. The average Bonchev–Trinajstić information content (AvgIpc) is 2.77. The van der Waals surface area contributed by atoms with Crippen molar-refractivity contribution in [1.82, 2.24) is 0 Å². The summed E-state index contributed by atoms with van der Waals surface area (Å²) >= 11 is 0. The molecular formula is C16H16O3. The Kier molecular flexibility index (Phi) is 2.97. The second-order valence-corrected chi connectivity index (χ2v) is 4.99. The van der Waals surface area contributed by atoms with Crippen molar-refractivity contribution in [3.63, 3.8) is 0 Å². The standard InChI is InChI=1S/C16H16O3/c1-2-19-16(18)14-9-13-11-6-4-3-5-10(11)7-8-12(13)15(14)17/h3-6,14H,2,7-9H2,1H3. The van der Waals surface area contributed by atoms with E-state index in [0.29, 0.717) is 13.0 Å². The van der Waals surface area contributed by atoms with E-state index in [1.54, 1.807) is 6.92 Å². The van der Waals surface area contributed by atoms with Gasteiger partial charge in [0.15, 0.2) is 5.78 Å². The minimum atomic E-state index is -0.615. The number of esters is 1. The summed E-state index contributed by atoms with van der Waals surface area (Å²) in [4.78, 5) is 24.1. The number of benzene rings is 1. The molecule has 0 amide bonds. The topological polar surface area (TPSA) is 43.4 Å². The quantitative estimate of drug-likeness (QED) is 0.603. The molecule has 0 bridgehead atoms. The minimum Gasteiger partial charge on any atom is -0.465 e. The van der Waals surface area contributed by atoms with Crippen LogP contribution in [0.4, 0.5) is 0 Å². The number of carbonyl (C=O) groups excluding carboxylic acids is 2. The zero-order chi connectivity index (χ0) is 13.4. The summed E-state index contributed by atoms with van der Waals surface area (Å²) in [7, 11) is 0. The molecule has 1 aromatic rings. The summed E-state index contributed by atoms with van der Waals surface area (Å²) in [6.07, 6.45) is 2.14. The lowest BCUT2D eigenvalue weighted by Crippen LogP contribution is -2.23. The number of rotatable bonds is 2. The lowest BCUT2D eigenvalue weighted by atomic mass is 9.87. The van der Waals surface area contributed by atoms with E-state index in [1.807, 2.05) is 18.2 Å². The highest BCUT2D eigenvalue weighted by Gasteiger charge is 2.40. The second kappa shape index (κ2) is 4.65. The van der Waals surface area contributed by atoms with Crippen molar-refractivity contribution in [1.29, 1.82) is 0 Å². The molecule has 2 aliphatic rings. The van der Waals surface area contributed by atoms with Crippen molar-refractivity contribution < 1.29 is 14.3 Å². The summed E-state index contributed by atoms with van der Waals surface area (Å²) in [6.45, 7) is 2.09. The van der Waals surface area contributed by atoms with E-state index >= 15 is 0 Å². The summed E-state index contributed by atoms with van der Waals surface area (Å²) in [5, 5.41) is 0. The van der Waals surface area contributed by atoms with Gasteiger partial charge in [0.25, 0.3) is 0 Å². The first-order valence-corrected chi connectivity index (χ1v) is 6.73. The third kappa shape index (κ3) is 1.89. The predicted molar refractivity (Wildman–Crippen MR) is 71.4 cm³/mol. The summed E-state index contributed by atoms with van der Waals surface area (Å²) in [5.41, 5.74) is 4.32. The first kappa shape index (κ1) is 12.2. The van der Waals surface area contributed by atoms with Gasteiger partial charge in [0.05, 0.1) is 6.61 Å². The van der Waals surface area contributed by atoms with E-state index < -0.39 is 5.92 Å². The SMILES string of the molecule is CCOC(=O)C1CC2=C(CCc3ccccc32)C1=O. The van der Waals surface area contributed by atoms with Crippen LogP contribution in [0.25, 0.3) is 5.57 Å². The number of aryl methyl sites for hydroxylation is 1. The molecule has 3 rings (SSSR count). The van der Waals surface area contributed by atoms with Crippen molar-refractivity contribution in [2.45, 2.75) is 26.2 Å². The third-order valence-corrected chi connectivity index (χ3v) is 3.94. The van der Waals surface area contributed by atoms with Crippen LogP contribution >= 0.6 is 0 Å². The number of ketones is 1. The largest absolute Gasteiger partial charge is 0.465 e. The summed E-state index contributed by atoms with van der Waals surface area (Å²) < 4.78 is 5.00. The lowest BCUT2D eigenvalue weighted by molar-refractivity contribution is -0.150. The number of ether oxygens (including phenoxy) is 1. The Hall–Kier alpha value is -1.90. The third-order valence-electron chi connectivity index (χ3n) is 3.94. The van der Waals surface area contributed by atoms with Crippen LogP contribution in [0.1, 0.15) is 30.9 Å². The summed E-state index contributed by atoms with van der Waals surface area (Å²) in [6, 6.07) is 8.15. The maximum atomic E-state index is 12.3. The second-order valence-electron chi connectivity index (χ2n) is 4.99. The Morgan fingerprint density at radius 3 is 2.84 bits per heavy atom. The van der Waals surface area contributed by atoms with Crippen molar-refractivity contribution in [3.8, 4) is 0 Å². The molecule has 0 saturated heterocycles. The van der Waals surface area contributed by atoms with Gasteiger partial charge in [-0.3, -0.25) is 9.59 Å². The minimum absolute atomic E-state index is 0.0250. The van der Waals surface area contributed by atoms with Gasteiger partial charge in [-0.1, -0.05) is 24.3 Å². The summed E-state index contributed by atoms with van der Waals surface area (Å²) in [5.74, 6) is -1.02. The van der Waals surface area contributed by atoms with E-state index in [2.05, 4.69) is 6.07 Å². The zero-order valence-corrected chi connectivity index (χ0v) is 10.9. The van der Waals surface area contributed by atoms with Gasteiger partial charge in [-0.2, -0.15) is 0 Å². The average molecular weight is 256 g/mol. The molecular weight excluding hydrogens is 240 g/mol. The van der Waals surface area contributed by atoms with Gasteiger partial charge in [-0.15, -0.1) is 0 Å². The van der Waals surface area contributed by atoms with Crippen molar-refractivity contribution in [3.05, 3.63) is 41.0 Å². The molecule has 1 aromatic carbocycles. The van der Waals surface area contributed by atoms with Gasteiger partial charge in [0, 0.05) is 5.57 Å². The number of hydrogen-bond donors (Lipinski definition) is 0. The molecule has 1 unspecified atom stereocenters. The van der Waals surface area contributed by atoms with Crippen LogP contribution < -0.4 is 0 Å². The first-order chi connectivity index (χ1) is 9.22. The molecule has 0 heterocycles. The normalized spacial score (nSPS) is 21.1. The van der Waals surface area contributed by atoms with Crippen LogP contribution in [0.2, 0.25) is 0 Å². The van der Waals surface area contributed by atoms with E-state index in [9.17, 15) is 9.59 Å². The molecule has 0 aliphatic heterocycles. The molecule has 3 nitrogen and oxygen atoms in total. The highest BCUT2D eigenvalue weighted by Crippen LogP contribution is 2.42. The van der Waals surface area contributed by atoms with E-state index in [1.165, 1.54) is 5.56 Å². The van der Waals surface area contributed by atoms with Crippen molar-refractivity contribution in [2.24, 2.45) is 5.92 Å². The van der Waals surface area contributed by atoms with E-state index in [4.69, 9.17) is 4.74 Å². The first-order valence-electron chi connectivity index (χ1n) is 6.73. The Morgan fingerprint density at radius 1 is 1.26 bits per heavy atom. The molecule has 2 aliphatic carbocycles. The molecule has 0 N–H and O–H groups in total. The molecule has 0 aromatic heterocycles. The Balaban J connectivity index is 1.94. The number of hydrogen-bond acceptors (Lipinski definition) is 3. The van der Waals surface area contributed by atoms with Crippen LogP contribution in [-0.2, 0) is 20.7 Å². The predicted octanol–water partition coefficient (Wildman–Crippen LogP) is 2.54. The van der Waals surface area contributed by atoms with Gasteiger partial charge in [0.2, 0.25) is 0 Å².